The number of hydrogen-bond acceptors (Lipinski definition) is 6. The van der Waals surface area contributed by atoms with E-state index in [1.54, 1.807) is 12.1 Å². The summed E-state index contributed by atoms with van der Waals surface area (Å²) >= 11 is 0. The highest BCUT2D eigenvalue weighted by Crippen LogP contribution is 2.42. The summed E-state index contributed by atoms with van der Waals surface area (Å²) < 4.78 is 41.3. The van der Waals surface area contributed by atoms with Crippen LogP contribution in [0.5, 0.6) is 11.5 Å². The van der Waals surface area contributed by atoms with Crippen LogP contribution in [0.25, 0.3) is 0 Å². The van der Waals surface area contributed by atoms with Gasteiger partial charge in [0.2, 0.25) is 0 Å². The Hall–Kier alpha value is -2.38. The molecule has 0 aliphatic carbocycles. The van der Waals surface area contributed by atoms with Crippen LogP contribution in [0.2, 0.25) is 0 Å². The molecule has 0 radical (unpaired) electrons. The number of aryl methyl sites for hydroxylation is 1. The summed E-state index contributed by atoms with van der Waals surface area (Å²) in [5, 5.41) is 0. The Bertz CT molecular complexity index is 935. The molecular weight excluding hydrogens is 342 g/mol. The highest BCUT2D eigenvalue weighted by molar-refractivity contribution is 7.86. The molecule has 7 heteroatoms. The summed E-state index contributed by atoms with van der Waals surface area (Å²) in [7, 11) is -3.83. The maximum atomic E-state index is 12.3. The Labute approximate surface area is 146 Å². The van der Waals surface area contributed by atoms with Gasteiger partial charge in [-0.1, -0.05) is 17.7 Å². The van der Waals surface area contributed by atoms with E-state index in [4.69, 9.17) is 13.7 Å². The van der Waals surface area contributed by atoms with E-state index in [2.05, 4.69) is 4.99 Å². The first-order valence-electron chi connectivity index (χ1n) is 7.97. The Morgan fingerprint density at radius 2 is 2.00 bits per heavy atom. The van der Waals surface area contributed by atoms with Gasteiger partial charge in [-0.2, -0.15) is 8.42 Å². The molecule has 4 rings (SSSR count). The van der Waals surface area contributed by atoms with Crippen molar-refractivity contribution in [2.24, 2.45) is 4.99 Å². The first-order valence-corrected chi connectivity index (χ1v) is 9.38. The van der Waals surface area contributed by atoms with E-state index >= 15 is 0 Å². The van der Waals surface area contributed by atoms with Crippen molar-refractivity contribution in [3.05, 3.63) is 47.5 Å². The molecule has 1 unspecified atom stereocenters. The average Bonchev–Trinajstić information content (AvgIpc) is 3.09. The second-order valence-electron chi connectivity index (χ2n) is 6.01. The lowest BCUT2D eigenvalue weighted by Gasteiger charge is -2.27. The van der Waals surface area contributed by atoms with Crippen LogP contribution in [0, 0.1) is 6.92 Å². The van der Waals surface area contributed by atoms with Gasteiger partial charge < -0.3 is 9.47 Å². The van der Waals surface area contributed by atoms with Gasteiger partial charge in [0.15, 0.2) is 17.6 Å². The quantitative estimate of drug-likeness (QED) is 0.785. The van der Waals surface area contributed by atoms with Gasteiger partial charge in [0.1, 0.15) is 13.2 Å². The van der Waals surface area contributed by atoms with E-state index in [9.17, 15) is 8.42 Å². The molecule has 130 valence electrons. The van der Waals surface area contributed by atoms with E-state index in [0.717, 1.165) is 16.8 Å². The van der Waals surface area contributed by atoms with Crippen molar-refractivity contribution >= 4 is 22.0 Å². The molecule has 2 aliphatic heterocycles. The number of ether oxygens (including phenoxy) is 2. The largest absolute Gasteiger partial charge is 0.486 e. The van der Waals surface area contributed by atoms with Crippen molar-refractivity contribution in [2.75, 3.05) is 13.2 Å². The summed E-state index contributed by atoms with van der Waals surface area (Å²) in [6, 6.07) is 10.2. The minimum Gasteiger partial charge on any atom is -0.486 e. The molecule has 2 heterocycles. The van der Waals surface area contributed by atoms with Gasteiger partial charge in [0.05, 0.1) is 10.6 Å². The van der Waals surface area contributed by atoms with Crippen molar-refractivity contribution in [1.82, 2.24) is 0 Å². The van der Waals surface area contributed by atoms with Crippen LogP contribution in [-0.2, 0) is 20.7 Å². The lowest BCUT2D eigenvalue weighted by atomic mass is 10.1. The molecular formula is C18H17NO5S. The van der Waals surface area contributed by atoms with Gasteiger partial charge in [-0.05, 0) is 31.2 Å². The van der Waals surface area contributed by atoms with Gasteiger partial charge in [0.25, 0.3) is 10.1 Å². The summed E-state index contributed by atoms with van der Waals surface area (Å²) in [5.74, 6) is 1.28. The molecule has 0 amide bonds. The summed E-state index contributed by atoms with van der Waals surface area (Å²) in [6.07, 6.45) is 1.99. The van der Waals surface area contributed by atoms with Crippen LogP contribution < -0.4 is 9.47 Å². The maximum absolute atomic E-state index is 12.3. The fourth-order valence-corrected chi connectivity index (χ4v) is 3.73. The van der Waals surface area contributed by atoms with Crippen molar-refractivity contribution in [1.29, 1.82) is 0 Å². The molecule has 2 aliphatic rings. The Balaban J connectivity index is 1.46. The van der Waals surface area contributed by atoms with Crippen LogP contribution in [-0.4, -0.2) is 34.0 Å². The maximum Gasteiger partial charge on any atom is 0.297 e. The molecule has 0 N–H and O–H groups in total. The number of benzene rings is 2. The number of aliphatic imine (C=N–C) groups is 1. The van der Waals surface area contributed by atoms with E-state index < -0.39 is 16.2 Å². The predicted octanol–water partition coefficient (Wildman–Crippen LogP) is 2.80. The smallest absolute Gasteiger partial charge is 0.297 e. The van der Waals surface area contributed by atoms with Crippen molar-refractivity contribution in [2.45, 2.75) is 24.3 Å². The lowest BCUT2D eigenvalue weighted by Crippen LogP contribution is -2.34. The highest BCUT2D eigenvalue weighted by Gasteiger charge is 2.28. The molecule has 0 aromatic heterocycles. The molecule has 1 atom stereocenters. The van der Waals surface area contributed by atoms with E-state index in [0.29, 0.717) is 17.9 Å². The Morgan fingerprint density at radius 1 is 1.20 bits per heavy atom. The molecule has 0 fully saturated rings. The highest BCUT2D eigenvalue weighted by atomic mass is 32.2. The normalized spacial score (nSPS) is 18.2. The van der Waals surface area contributed by atoms with Crippen LogP contribution in [0.15, 0.2) is 46.3 Å². The fraction of sp³-hybridized carbons (Fsp3) is 0.278. The number of nitrogens with zero attached hydrogens (tertiary/aromatic N) is 1. The number of rotatable bonds is 4. The monoisotopic (exact) mass is 359 g/mol. The zero-order valence-corrected chi connectivity index (χ0v) is 14.5. The van der Waals surface area contributed by atoms with Crippen LogP contribution in [0.3, 0.4) is 0 Å². The minimum atomic E-state index is -3.83. The lowest BCUT2D eigenvalue weighted by molar-refractivity contribution is 0.0548. The minimum absolute atomic E-state index is 0.111. The third kappa shape index (κ3) is 3.12. The third-order valence-electron chi connectivity index (χ3n) is 4.15. The fourth-order valence-electron chi connectivity index (χ4n) is 2.80. The Kier molecular flexibility index (Phi) is 3.97. The van der Waals surface area contributed by atoms with Gasteiger partial charge in [-0.25, -0.2) is 0 Å². The molecule has 0 bridgehead atoms. The first-order chi connectivity index (χ1) is 12.0. The van der Waals surface area contributed by atoms with E-state index in [1.165, 1.54) is 12.1 Å². The number of hydrogen-bond donors (Lipinski definition) is 0. The zero-order valence-electron chi connectivity index (χ0n) is 13.6. The van der Waals surface area contributed by atoms with Gasteiger partial charge >= 0.3 is 0 Å². The van der Waals surface area contributed by atoms with Gasteiger partial charge in [-0.3, -0.25) is 9.18 Å². The molecule has 0 saturated carbocycles. The average molecular weight is 359 g/mol. The van der Waals surface area contributed by atoms with E-state index in [1.807, 2.05) is 25.3 Å². The SMILES string of the molecule is Cc1ccc(S(=O)(=O)OCC2COc3ccc4c(c3O2)CC=N4)cc1. The predicted molar refractivity (Wildman–Crippen MR) is 92.5 cm³/mol. The van der Waals surface area contributed by atoms with Crippen molar-refractivity contribution in [3.63, 3.8) is 0 Å². The number of fused-ring (bicyclic) bond motifs is 3. The van der Waals surface area contributed by atoms with Gasteiger partial charge in [-0.15, -0.1) is 0 Å². The second kappa shape index (κ2) is 6.16. The second-order valence-corrected chi connectivity index (χ2v) is 7.62. The molecule has 25 heavy (non-hydrogen) atoms. The van der Waals surface area contributed by atoms with Crippen LogP contribution in [0.1, 0.15) is 11.1 Å². The van der Waals surface area contributed by atoms with Crippen molar-refractivity contribution < 1.29 is 22.1 Å². The Morgan fingerprint density at radius 3 is 2.80 bits per heavy atom. The molecule has 0 saturated heterocycles. The topological polar surface area (TPSA) is 74.2 Å². The standard InChI is InChI=1S/C18H17NO5S/c1-12-2-4-14(5-3-12)25(20,21)23-11-13-10-22-17-7-6-16-15(8-9-19-16)18(17)24-13/h2-7,9,13H,8,10-11H2,1H3. The molecule has 2 aromatic rings. The summed E-state index contributed by atoms with van der Waals surface area (Å²) in [5.41, 5.74) is 2.80. The third-order valence-corrected chi connectivity index (χ3v) is 5.45. The van der Waals surface area contributed by atoms with E-state index in [-0.39, 0.29) is 18.1 Å². The molecule has 2 aromatic carbocycles. The van der Waals surface area contributed by atoms with Crippen LogP contribution >= 0.6 is 0 Å². The molecule has 0 spiro atoms. The van der Waals surface area contributed by atoms with Crippen LogP contribution in [0.4, 0.5) is 5.69 Å². The summed E-state index contributed by atoms with van der Waals surface area (Å²) in [4.78, 5) is 4.41. The van der Waals surface area contributed by atoms with Crippen molar-refractivity contribution in [3.8, 4) is 11.5 Å². The zero-order chi connectivity index (χ0) is 17.4. The first kappa shape index (κ1) is 16.1. The molecule has 6 nitrogen and oxygen atoms in total. The van der Waals surface area contributed by atoms with Gasteiger partial charge in [0, 0.05) is 18.2 Å². The summed E-state index contributed by atoms with van der Waals surface area (Å²) in [6.45, 7) is 2.01.